The van der Waals surface area contributed by atoms with E-state index >= 15 is 0 Å². The molecule has 0 heterocycles. The van der Waals surface area contributed by atoms with Crippen LogP contribution in [0.25, 0.3) is 0 Å². The van der Waals surface area contributed by atoms with Gasteiger partial charge in [0.1, 0.15) is 0 Å². The van der Waals surface area contributed by atoms with E-state index in [1.807, 2.05) is 0 Å². The maximum absolute atomic E-state index is 10.0. The van der Waals surface area contributed by atoms with Gasteiger partial charge in [-0.2, -0.15) is 5.48 Å². The SMILES string of the molecule is C=CC(=O)ONC=O. The molecule has 4 heteroatoms. The minimum Gasteiger partial charge on any atom is -0.336 e. The second-order valence-corrected chi connectivity index (χ2v) is 0.861. The molecular weight excluding hydrogens is 110 g/mol. The van der Waals surface area contributed by atoms with Crippen LogP contribution in [0.2, 0.25) is 0 Å². The fraction of sp³-hybridized carbons (Fsp3) is 0. The second-order valence-electron chi connectivity index (χ2n) is 0.861. The van der Waals surface area contributed by atoms with Gasteiger partial charge in [0.2, 0.25) is 6.41 Å². The number of hydroxylamine groups is 1. The van der Waals surface area contributed by atoms with E-state index in [4.69, 9.17) is 0 Å². The summed E-state index contributed by atoms with van der Waals surface area (Å²) in [6.07, 6.45) is 1.19. The van der Waals surface area contributed by atoms with Crippen LogP contribution in [-0.4, -0.2) is 12.4 Å². The lowest BCUT2D eigenvalue weighted by molar-refractivity contribution is -0.149. The van der Waals surface area contributed by atoms with Gasteiger partial charge in [-0.3, -0.25) is 4.79 Å². The highest BCUT2D eigenvalue weighted by atomic mass is 16.7. The molecule has 44 valence electrons. The van der Waals surface area contributed by atoms with Crippen molar-refractivity contribution in [2.75, 3.05) is 0 Å². The Morgan fingerprint density at radius 2 is 2.38 bits per heavy atom. The molecule has 0 aromatic carbocycles. The van der Waals surface area contributed by atoms with Gasteiger partial charge in [-0.1, -0.05) is 6.58 Å². The number of carbonyl (C=O) groups is 2. The van der Waals surface area contributed by atoms with Crippen molar-refractivity contribution in [1.29, 1.82) is 0 Å². The summed E-state index contributed by atoms with van der Waals surface area (Å²) in [5, 5.41) is 0. The van der Waals surface area contributed by atoms with Crippen LogP contribution >= 0.6 is 0 Å². The zero-order valence-electron chi connectivity index (χ0n) is 4.09. The Hall–Kier alpha value is -1.32. The molecule has 1 amide bonds. The van der Waals surface area contributed by atoms with E-state index in [1.165, 1.54) is 0 Å². The molecule has 0 atom stereocenters. The van der Waals surface area contributed by atoms with Gasteiger partial charge in [-0.25, -0.2) is 4.79 Å². The smallest absolute Gasteiger partial charge is 0.336 e. The van der Waals surface area contributed by atoms with Crippen LogP contribution in [0, 0.1) is 0 Å². The molecular formula is C4H5NO3. The summed E-state index contributed by atoms with van der Waals surface area (Å²) in [4.78, 5) is 23.4. The molecule has 0 aromatic rings. The lowest BCUT2D eigenvalue weighted by Crippen LogP contribution is -2.15. The normalized spacial score (nSPS) is 7.00. The van der Waals surface area contributed by atoms with E-state index in [2.05, 4.69) is 11.4 Å². The summed E-state index contributed by atoms with van der Waals surface area (Å²) in [6, 6.07) is 0. The maximum Gasteiger partial charge on any atom is 0.355 e. The van der Waals surface area contributed by atoms with Crippen molar-refractivity contribution in [3.8, 4) is 0 Å². The van der Waals surface area contributed by atoms with E-state index in [0.717, 1.165) is 6.08 Å². The van der Waals surface area contributed by atoms with E-state index < -0.39 is 5.97 Å². The first kappa shape index (κ1) is 6.68. The zero-order valence-corrected chi connectivity index (χ0v) is 4.09. The molecule has 0 saturated heterocycles. The zero-order chi connectivity index (χ0) is 6.41. The maximum atomic E-state index is 10.0. The Morgan fingerprint density at radius 3 is 2.75 bits per heavy atom. The van der Waals surface area contributed by atoms with Gasteiger partial charge < -0.3 is 4.84 Å². The topological polar surface area (TPSA) is 55.4 Å². The largest absolute Gasteiger partial charge is 0.355 e. The van der Waals surface area contributed by atoms with Gasteiger partial charge in [-0.15, -0.1) is 0 Å². The Balaban J connectivity index is 3.24. The number of hydrogen-bond acceptors (Lipinski definition) is 3. The van der Waals surface area contributed by atoms with Crippen molar-refractivity contribution >= 4 is 12.4 Å². The van der Waals surface area contributed by atoms with Gasteiger partial charge in [-0.05, 0) is 0 Å². The van der Waals surface area contributed by atoms with E-state index in [0.29, 0.717) is 0 Å². The molecule has 0 aliphatic heterocycles. The summed E-state index contributed by atoms with van der Waals surface area (Å²) in [7, 11) is 0. The van der Waals surface area contributed by atoms with Gasteiger partial charge in [0.15, 0.2) is 0 Å². The van der Waals surface area contributed by atoms with Gasteiger partial charge in [0, 0.05) is 6.08 Å². The highest BCUT2D eigenvalue weighted by Crippen LogP contribution is 1.68. The Kier molecular flexibility index (Phi) is 3.22. The minimum atomic E-state index is -0.683. The Bertz CT molecular complexity index is 110. The molecule has 8 heavy (non-hydrogen) atoms. The van der Waals surface area contributed by atoms with Crippen LogP contribution in [0.15, 0.2) is 12.7 Å². The standard InChI is InChI=1S/C4H5NO3/c1-2-4(7)8-5-3-6/h2-3H,1H2,(H,5,6). The molecule has 0 fully saturated rings. The third-order valence-electron chi connectivity index (χ3n) is 0.374. The summed E-state index contributed by atoms with van der Waals surface area (Å²) < 4.78 is 0. The fourth-order valence-electron chi connectivity index (χ4n) is 0.124. The average Bonchev–Trinajstić information content (AvgIpc) is 1.83. The number of nitrogens with one attached hydrogen (secondary N) is 1. The van der Waals surface area contributed by atoms with Crippen molar-refractivity contribution in [3.63, 3.8) is 0 Å². The summed E-state index contributed by atoms with van der Waals surface area (Å²) in [6.45, 7) is 3.08. The summed E-state index contributed by atoms with van der Waals surface area (Å²) in [5.41, 5.74) is 1.70. The van der Waals surface area contributed by atoms with Crippen LogP contribution in [0.4, 0.5) is 0 Å². The predicted octanol–water partition coefficient (Wildman–Crippen LogP) is -0.623. The van der Waals surface area contributed by atoms with Gasteiger partial charge >= 0.3 is 5.97 Å². The highest BCUT2D eigenvalue weighted by Gasteiger charge is 1.89. The first-order valence-corrected chi connectivity index (χ1v) is 1.83. The van der Waals surface area contributed by atoms with Crippen molar-refractivity contribution in [2.24, 2.45) is 0 Å². The molecule has 4 nitrogen and oxygen atoms in total. The number of hydrogen-bond donors (Lipinski definition) is 1. The first-order chi connectivity index (χ1) is 3.81. The predicted molar refractivity (Wildman–Crippen MR) is 25.5 cm³/mol. The molecule has 0 bridgehead atoms. The monoisotopic (exact) mass is 115 g/mol. The van der Waals surface area contributed by atoms with Crippen molar-refractivity contribution in [1.82, 2.24) is 5.48 Å². The van der Waals surface area contributed by atoms with E-state index in [-0.39, 0.29) is 6.41 Å². The summed E-state index contributed by atoms with van der Waals surface area (Å²) >= 11 is 0. The van der Waals surface area contributed by atoms with Crippen LogP contribution in [0.5, 0.6) is 0 Å². The number of rotatable bonds is 3. The highest BCUT2D eigenvalue weighted by molar-refractivity contribution is 5.81. The van der Waals surface area contributed by atoms with Crippen molar-refractivity contribution in [3.05, 3.63) is 12.7 Å². The molecule has 1 N–H and O–H groups in total. The molecule has 0 aromatic heterocycles. The van der Waals surface area contributed by atoms with Crippen LogP contribution < -0.4 is 5.48 Å². The first-order valence-electron chi connectivity index (χ1n) is 1.83. The molecule has 0 unspecified atom stereocenters. The molecule has 0 aliphatic rings. The molecule has 0 aliphatic carbocycles. The second kappa shape index (κ2) is 3.86. The summed E-state index contributed by atoms with van der Waals surface area (Å²) in [5.74, 6) is -0.683. The third-order valence-corrected chi connectivity index (χ3v) is 0.374. The van der Waals surface area contributed by atoms with Gasteiger partial charge in [0.25, 0.3) is 0 Å². The molecule has 0 radical (unpaired) electrons. The van der Waals surface area contributed by atoms with Crippen LogP contribution in [-0.2, 0) is 14.4 Å². The fourth-order valence-corrected chi connectivity index (χ4v) is 0.124. The van der Waals surface area contributed by atoms with Crippen molar-refractivity contribution in [2.45, 2.75) is 0 Å². The van der Waals surface area contributed by atoms with Crippen LogP contribution in [0.1, 0.15) is 0 Å². The Morgan fingerprint density at radius 1 is 1.75 bits per heavy atom. The Labute approximate surface area is 46.1 Å². The molecule has 0 rings (SSSR count). The number of carbonyl (C=O) groups excluding carboxylic acids is 2. The van der Waals surface area contributed by atoms with Crippen molar-refractivity contribution < 1.29 is 14.4 Å². The lowest BCUT2D eigenvalue weighted by Gasteiger charge is -1.91. The van der Waals surface area contributed by atoms with Gasteiger partial charge in [0.05, 0.1) is 0 Å². The van der Waals surface area contributed by atoms with E-state index in [9.17, 15) is 9.59 Å². The molecule has 0 spiro atoms. The minimum absolute atomic E-state index is 0.251. The molecule has 0 saturated carbocycles. The lowest BCUT2D eigenvalue weighted by atomic mass is 10.7. The van der Waals surface area contributed by atoms with E-state index in [1.54, 1.807) is 5.48 Å². The van der Waals surface area contributed by atoms with Crippen LogP contribution in [0.3, 0.4) is 0 Å². The quantitative estimate of drug-likeness (QED) is 0.303. The average molecular weight is 115 g/mol. The number of amides is 1. The third kappa shape index (κ3) is 2.89.